The Morgan fingerprint density at radius 1 is 1.38 bits per heavy atom. The summed E-state index contributed by atoms with van der Waals surface area (Å²) in [6.45, 7) is 3.68. The Morgan fingerprint density at radius 3 is 2.67 bits per heavy atom. The molecule has 2 atom stereocenters. The van der Waals surface area contributed by atoms with E-state index in [1.165, 1.54) is 12.1 Å². The Kier molecular flexibility index (Phi) is 6.31. The third-order valence-electron chi connectivity index (χ3n) is 4.82. The van der Waals surface area contributed by atoms with Crippen molar-refractivity contribution in [3.63, 3.8) is 0 Å². The van der Waals surface area contributed by atoms with E-state index in [1.54, 1.807) is 17.0 Å². The molecule has 0 saturated carbocycles. The molecule has 0 bridgehead atoms. The number of hydrogen-bond donors (Lipinski definition) is 1. The maximum Gasteiger partial charge on any atom is 0.239 e. The van der Waals surface area contributed by atoms with Crippen molar-refractivity contribution in [2.75, 3.05) is 26.7 Å². The van der Waals surface area contributed by atoms with Crippen LogP contribution < -0.4 is 5.73 Å². The lowest BCUT2D eigenvalue weighted by Gasteiger charge is -2.35. The zero-order valence-corrected chi connectivity index (χ0v) is 14.4. The molecule has 0 radical (unpaired) electrons. The molecule has 2 amide bonds. The predicted octanol–water partition coefficient (Wildman–Crippen LogP) is 1.41. The Bertz CT molecular complexity index is 576. The first kappa shape index (κ1) is 18.4. The first-order valence-corrected chi connectivity index (χ1v) is 8.41. The number of amides is 2. The van der Waals surface area contributed by atoms with E-state index in [0.29, 0.717) is 19.6 Å². The van der Waals surface area contributed by atoms with Gasteiger partial charge in [0.25, 0.3) is 0 Å². The molecule has 2 rings (SSSR count). The van der Waals surface area contributed by atoms with E-state index in [2.05, 4.69) is 0 Å². The van der Waals surface area contributed by atoms with Crippen LogP contribution in [0.5, 0.6) is 0 Å². The van der Waals surface area contributed by atoms with Gasteiger partial charge >= 0.3 is 0 Å². The number of nitrogens with two attached hydrogens (primary N) is 1. The van der Waals surface area contributed by atoms with Gasteiger partial charge in [-0.2, -0.15) is 0 Å². The van der Waals surface area contributed by atoms with Gasteiger partial charge in [0.05, 0.1) is 12.0 Å². The fourth-order valence-corrected chi connectivity index (χ4v) is 3.01. The van der Waals surface area contributed by atoms with Gasteiger partial charge in [-0.1, -0.05) is 12.1 Å². The molecular formula is C18H26FN3O2. The van der Waals surface area contributed by atoms with Crippen molar-refractivity contribution in [2.24, 2.45) is 11.7 Å². The highest BCUT2D eigenvalue weighted by atomic mass is 19.1. The Labute approximate surface area is 142 Å². The van der Waals surface area contributed by atoms with Crippen LogP contribution in [0.1, 0.15) is 25.3 Å². The molecule has 1 aliphatic heterocycles. The molecule has 1 saturated heterocycles. The largest absolute Gasteiger partial charge is 0.369 e. The van der Waals surface area contributed by atoms with Gasteiger partial charge in [-0.3, -0.25) is 14.5 Å². The number of primary amides is 1. The van der Waals surface area contributed by atoms with Gasteiger partial charge in [0.2, 0.25) is 11.8 Å². The minimum atomic E-state index is -0.329. The van der Waals surface area contributed by atoms with Gasteiger partial charge in [-0.15, -0.1) is 0 Å². The second-order valence-corrected chi connectivity index (χ2v) is 6.56. The molecule has 1 heterocycles. The maximum atomic E-state index is 12.9. The van der Waals surface area contributed by atoms with Crippen LogP contribution >= 0.6 is 0 Å². The smallest absolute Gasteiger partial charge is 0.239 e. The van der Waals surface area contributed by atoms with E-state index in [9.17, 15) is 14.0 Å². The topological polar surface area (TPSA) is 66.6 Å². The van der Waals surface area contributed by atoms with E-state index < -0.39 is 0 Å². The number of halogens is 1. The van der Waals surface area contributed by atoms with Crippen molar-refractivity contribution in [3.05, 3.63) is 35.6 Å². The molecule has 2 N–H and O–H groups in total. The average Bonchev–Trinajstić information content (AvgIpc) is 2.59. The van der Waals surface area contributed by atoms with Crippen molar-refractivity contribution >= 4 is 11.8 Å². The third kappa shape index (κ3) is 4.77. The van der Waals surface area contributed by atoms with Crippen LogP contribution in [0.3, 0.4) is 0 Å². The van der Waals surface area contributed by atoms with Crippen LogP contribution in [0.2, 0.25) is 0 Å². The number of carbonyl (C=O) groups is 2. The molecule has 1 fully saturated rings. The number of benzene rings is 1. The van der Waals surface area contributed by atoms with Gasteiger partial charge in [-0.05, 0) is 50.9 Å². The van der Waals surface area contributed by atoms with Crippen molar-refractivity contribution in [1.82, 2.24) is 9.80 Å². The van der Waals surface area contributed by atoms with Crippen LogP contribution in [0.4, 0.5) is 4.39 Å². The lowest BCUT2D eigenvalue weighted by atomic mass is 9.97. The summed E-state index contributed by atoms with van der Waals surface area (Å²) in [6.07, 6.45) is 2.32. The SMILES string of the molecule is C[C@@H](C(=O)N1CCC[C@@H](C(N)=O)C1)N(C)CCc1ccc(F)cc1. The number of likely N-dealkylation sites (N-methyl/N-ethyl adjacent to an activating group) is 1. The van der Waals surface area contributed by atoms with Crippen LogP contribution in [0.25, 0.3) is 0 Å². The number of hydrogen-bond acceptors (Lipinski definition) is 3. The van der Waals surface area contributed by atoms with E-state index in [1.807, 2.05) is 18.9 Å². The number of likely N-dealkylation sites (tertiary alicyclic amines) is 1. The first-order valence-electron chi connectivity index (χ1n) is 8.41. The summed E-state index contributed by atoms with van der Waals surface area (Å²) in [5, 5.41) is 0. The summed E-state index contributed by atoms with van der Waals surface area (Å²) in [4.78, 5) is 27.7. The molecule has 24 heavy (non-hydrogen) atoms. The molecule has 1 aliphatic rings. The number of carbonyl (C=O) groups excluding carboxylic acids is 2. The summed E-state index contributed by atoms with van der Waals surface area (Å²) in [5.41, 5.74) is 6.41. The molecule has 0 aromatic heterocycles. The molecule has 132 valence electrons. The molecule has 5 nitrogen and oxygen atoms in total. The van der Waals surface area contributed by atoms with E-state index in [4.69, 9.17) is 5.73 Å². The van der Waals surface area contributed by atoms with Crippen molar-refractivity contribution in [3.8, 4) is 0 Å². The van der Waals surface area contributed by atoms with Crippen molar-refractivity contribution < 1.29 is 14.0 Å². The second-order valence-electron chi connectivity index (χ2n) is 6.56. The summed E-state index contributed by atoms with van der Waals surface area (Å²) < 4.78 is 12.9. The third-order valence-corrected chi connectivity index (χ3v) is 4.82. The zero-order valence-electron chi connectivity index (χ0n) is 14.4. The molecule has 1 aromatic rings. The lowest BCUT2D eigenvalue weighted by Crippen LogP contribution is -2.51. The fraction of sp³-hybridized carbons (Fsp3) is 0.556. The van der Waals surface area contributed by atoms with Crippen molar-refractivity contribution in [2.45, 2.75) is 32.2 Å². The van der Waals surface area contributed by atoms with Crippen LogP contribution in [0.15, 0.2) is 24.3 Å². The number of piperidine rings is 1. The molecule has 6 heteroatoms. The highest BCUT2D eigenvalue weighted by Crippen LogP contribution is 2.18. The molecule has 1 aromatic carbocycles. The quantitative estimate of drug-likeness (QED) is 0.855. The monoisotopic (exact) mass is 335 g/mol. The minimum Gasteiger partial charge on any atom is -0.369 e. The molecule has 0 spiro atoms. The number of nitrogens with zero attached hydrogens (tertiary/aromatic N) is 2. The number of rotatable bonds is 6. The molecule has 0 unspecified atom stereocenters. The van der Waals surface area contributed by atoms with Gasteiger partial charge < -0.3 is 10.6 Å². The highest BCUT2D eigenvalue weighted by molar-refractivity contribution is 5.83. The first-order chi connectivity index (χ1) is 11.4. The Hall–Kier alpha value is -1.95. The van der Waals surface area contributed by atoms with E-state index in [-0.39, 0.29) is 29.6 Å². The van der Waals surface area contributed by atoms with E-state index >= 15 is 0 Å². The van der Waals surface area contributed by atoms with Gasteiger partial charge in [0.15, 0.2) is 0 Å². The van der Waals surface area contributed by atoms with Crippen LogP contribution in [-0.2, 0) is 16.0 Å². The predicted molar refractivity (Wildman–Crippen MR) is 90.7 cm³/mol. The maximum absolute atomic E-state index is 12.9. The summed E-state index contributed by atoms with van der Waals surface area (Å²) in [6, 6.07) is 6.15. The Balaban J connectivity index is 1.87. The molecule has 0 aliphatic carbocycles. The highest BCUT2D eigenvalue weighted by Gasteiger charge is 2.30. The van der Waals surface area contributed by atoms with Crippen molar-refractivity contribution in [1.29, 1.82) is 0 Å². The average molecular weight is 335 g/mol. The summed E-state index contributed by atoms with van der Waals surface area (Å²) in [7, 11) is 1.90. The summed E-state index contributed by atoms with van der Waals surface area (Å²) >= 11 is 0. The van der Waals surface area contributed by atoms with Gasteiger partial charge in [0, 0.05) is 19.6 Å². The standard InChI is InChI=1S/C18H26FN3O2/c1-13(18(24)22-10-3-4-15(12-22)17(20)23)21(2)11-9-14-5-7-16(19)8-6-14/h5-8,13,15H,3-4,9-12H2,1-2H3,(H2,20,23)/t13-,15+/m0/s1. The Morgan fingerprint density at radius 2 is 2.04 bits per heavy atom. The van der Waals surface area contributed by atoms with Crippen LogP contribution in [0, 0.1) is 11.7 Å². The van der Waals surface area contributed by atoms with Gasteiger partial charge in [-0.25, -0.2) is 4.39 Å². The zero-order chi connectivity index (χ0) is 17.7. The fourth-order valence-electron chi connectivity index (χ4n) is 3.01. The van der Waals surface area contributed by atoms with Crippen LogP contribution in [-0.4, -0.2) is 54.3 Å². The lowest BCUT2D eigenvalue weighted by molar-refractivity contribution is -0.139. The summed E-state index contributed by atoms with van der Waals surface area (Å²) in [5.74, 6) is -0.781. The molecular weight excluding hydrogens is 309 g/mol. The second kappa shape index (κ2) is 8.24. The normalized spacial score (nSPS) is 19.3. The van der Waals surface area contributed by atoms with Gasteiger partial charge in [0.1, 0.15) is 5.82 Å². The minimum absolute atomic E-state index is 0.0301. The van der Waals surface area contributed by atoms with E-state index in [0.717, 1.165) is 24.8 Å².